The molecule has 0 spiro atoms. The molecule has 1 aliphatic heterocycles. The average molecular weight is 308 g/mol. The maximum atomic E-state index is 12.1. The molecule has 1 saturated carbocycles. The van der Waals surface area contributed by atoms with Crippen LogP contribution >= 0.6 is 0 Å². The van der Waals surface area contributed by atoms with Crippen LogP contribution in [0.2, 0.25) is 0 Å². The van der Waals surface area contributed by atoms with E-state index in [1.807, 2.05) is 23.1 Å². The fourth-order valence-corrected chi connectivity index (χ4v) is 4.17. The van der Waals surface area contributed by atoms with Gasteiger partial charge in [0.15, 0.2) is 0 Å². The number of rotatable bonds is 5. The van der Waals surface area contributed by atoms with Gasteiger partial charge in [0.1, 0.15) is 0 Å². The number of hydrogen-bond donors (Lipinski definition) is 1. The molecule has 5 nitrogen and oxygen atoms in total. The number of nitrogens with two attached hydrogens (primary N) is 1. The Balaban J connectivity index is 1.68. The van der Waals surface area contributed by atoms with Gasteiger partial charge in [-0.1, -0.05) is 30.3 Å². The number of carbonyl (C=O) groups excluding carboxylic acids is 1. The van der Waals surface area contributed by atoms with Crippen LogP contribution in [0.25, 0.3) is 0 Å². The van der Waals surface area contributed by atoms with Crippen molar-refractivity contribution in [3.8, 4) is 0 Å². The van der Waals surface area contributed by atoms with Gasteiger partial charge in [0.25, 0.3) is 0 Å². The maximum Gasteiger partial charge on any atom is 0.222 e. The van der Waals surface area contributed by atoms with Crippen molar-refractivity contribution >= 4 is 15.9 Å². The number of sulfonamides is 1. The van der Waals surface area contributed by atoms with E-state index in [9.17, 15) is 13.2 Å². The van der Waals surface area contributed by atoms with Gasteiger partial charge in [0.05, 0.1) is 5.75 Å². The second kappa shape index (κ2) is 5.10. The first-order chi connectivity index (χ1) is 9.88. The summed E-state index contributed by atoms with van der Waals surface area (Å²) >= 11 is 0. The van der Waals surface area contributed by atoms with E-state index in [1.54, 1.807) is 0 Å². The summed E-state index contributed by atoms with van der Waals surface area (Å²) < 4.78 is 22.3. The predicted molar refractivity (Wildman–Crippen MR) is 80.0 cm³/mol. The highest BCUT2D eigenvalue weighted by Crippen LogP contribution is 2.49. The Hall–Kier alpha value is -1.40. The van der Waals surface area contributed by atoms with Gasteiger partial charge < -0.3 is 4.90 Å². The lowest BCUT2D eigenvalue weighted by molar-refractivity contribution is -0.128. The molecular weight excluding hydrogens is 288 g/mol. The zero-order valence-corrected chi connectivity index (χ0v) is 12.7. The summed E-state index contributed by atoms with van der Waals surface area (Å²) in [6.45, 7) is 1.20. The molecule has 6 heteroatoms. The molecule has 0 bridgehead atoms. The minimum Gasteiger partial charge on any atom is -0.341 e. The number of benzene rings is 1. The molecule has 2 fully saturated rings. The van der Waals surface area contributed by atoms with Crippen LogP contribution in [-0.4, -0.2) is 38.1 Å². The zero-order valence-electron chi connectivity index (χ0n) is 11.9. The van der Waals surface area contributed by atoms with Crippen molar-refractivity contribution in [2.45, 2.75) is 24.7 Å². The molecule has 2 N–H and O–H groups in total. The van der Waals surface area contributed by atoms with Crippen LogP contribution in [0.15, 0.2) is 30.3 Å². The first-order valence-electron chi connectivity index (χ1n) is 7.22. The molecule has 1 aromatic rings. The Kier molecular flexibility index (Phi) is 3.53. The molecule has 1 saturated heterocycles. The predicted octanol–water partition coefficient (Wildman–Crippen LogP) is 0.855. The number of amides is 1. The molecule has 1 amide bonds. The van der Waals surface area contributed by atoms with Gasteiger partial charge in [0, 0.05) is 30.8 Å². The Labute approximate surface area is 125 Å². The maximum absolute atomic E-state index is 12.1. The molecule has 1 aromatic carbocycles. The molecule has 0 aromatic heterocycles. The molecule has 1 aliphatic carbocycles. The second-order valence-electron chi connectivity index (χ2n) is 6.32. The molecular formula is C15H20N2O3S. The van der Waals surface area contributed by atoms with Crippen molar-refractivity contribution in [1.29, 1.82) is 0 Å². The highest BCUT2D eigenvalue weighted by atomic mass is 32.2. The van der Waals surface area contributed by atoms with E-state index in [2.05, 4.69) is 12.1 Å². The van der Waals surface area contributed by atoms with Crippen molar-refractivity contribution in [3.05, 3.63) is 35.9 Å². The fourth-order valence-electron chi connectivity index (χ4n) is 3.29. The van der Waals surface area contributed by atoms with Gasteiger partial charge in [-0.05, 0) is 18.4 Å². The van der Waals surface area contributed by atoms with Gasteiger partial charge in [-0.3, -0.25) is 4.79 Å². The Morgan fingerprint density at radius 1 is 1.24 bits per heavy atom. The lowest BCUT2D eigenvalue weighted by atomic mass is 9.95. The molecule has 1 heterocycles. The summed E-state index contributed by atoms with van der Waals surface area (Å²) in [5.74, 6) is -0.224. The molecule has 21 heavy (non-hydrogen) atoms. The lowest BCUT2D eigenvalue weighted by Crippen LogP contribution is -2.34. The number of nitrogens with zero attached hydrogens (tertiary/aromatic N) is 1. The van der Waals surface area contributed by atoms with Crippen LogP contribution < -0.4 is 5.14 Å². The number of likely N-dealkylation sites (tertiary alicyclic amines) is 1. The summed E-state index contributed by atoms with van der Waals surface area (Å²) in [5, 5.41) is 5.08. The molecule has 1 atom stereocenters. The highest BCUT2D eigenvalue weighted by molar-refractivity contribution is 7.89. The highest BCUT2D eigenvalue weighted by Gasteiger charge is 2.47. The first-order valence-corrected chi connectivity index (χ1v) is 8.93. The quantitative estimate of drug-likeness (QED) is 0.876. The molecule has 3 rings (SSSR count). The molecule has 2 aliphatic rings. The van der Waals surface area contributed by atoms with Crippen molar-refractivity contribution in [1.82, 2.24) is 4.90 Å². The van der Waals surface area contributed by atoms with Crippen LogP contribution in [0.5, 0.6) is 0 Å². The topological polar surface area (TPSA) is 80.5 Å². The largest absolute Gasteiger partial charge is 0.341 e. The fraction of sp³-hybridized carbons (Fsp3) is 0.533. The monoisotopic (exact) mass is 308 g/mol. The number of hydrogen-bond acceptors (Lipinski definition) is 3. The van der Waals surface area contributed by atoms with E-state index >= 15 is 0 Å². The summed E-state index contributed by atoms with van der Waals surface area (Å²) in [6.07, 6.45) is 2.46. The molecule has 0 radical (unpaired) electrons. The molecule has 114 valence electrons. The minimum atomic E-state index is -3.51. The van der Waals surface area contributed by atoms with Gasteiger partial charge in [0.2, 0.25) is 15.9 Å². The van der Waals surface area contributed by atoms with Crippen molar-refractivity contribution < 1.29 is 13.2 Å². The van der Waals surface area contributed by atoms with Crippen molar-refractivity contribution in [3.63, 3.8) is 0 Å². The first kappa shape index (κ1) is 14.5. The van der Waals surface area contributed by atoms with Crippen LogP contribution in [0.3, 0.4) is 0 Å². The standard InChI is InChI=1S/C15H20N2O3S/c16-21(19,20)10-12-8-14(18)17(9-12)11-15(6-7-15)13-4-2-1-3-5-13/h1-5,12H,6-11H2,(H2,16,19,20). The van der Waals surface area contributed by atoms with E-state index in [0.717, 1.165) is 12.8 Å². The van der Waals surface area contributed by atoms with Gasteiger partial charge in [-0.2, -0.15) is 0 Å². The van der Waals surface area contributed by atoms with Gasteiger partial charge in [-0.15, -0.1) is 0 Å². The summed E-state index contributed by atoms with van der Waals surface area (Å²) in [4.78, 5) is 13.9. The summed E-state index contributed by atoms with van der Waals surface area (Å²) in [6, 6.07) is 10.2. The second-order valence-corrected chi connectivity index (χ2v) is 7.98. The number of carbonyl (C=O) groups is 1. The third kappa shape index (κ3) is 3.27. The third-order valence-electron chi connectivity index (χ3n) is 4.50. The van der Waals surface area contributed by atoms with Crippen LogP contribution in [0, 0.1) is 5.92 Å². The summed E-state index contributed by atoms with van der Waals surface area (Å²) in [7, 11) is -3.51. The minimum absolute atomic E-state index is 0.0471. The van der Waals surface area contributed by atoms with Crippen LogP contribution in [0.1, 0.15) is 24.8 Å². The van der Waals surface area contributed by atoms with E-state index < -0.39 is 10.0 Å². The Morgan fingerprint density at radius 3 is 2.48 bits per heavy atom. The zero-order chi connectivity index (χ0) is 15.1. The Morgan fingerprint density at radius 2 is 1.90 bits per heavy atom. The average Bonchev–Trinajstić information content (AvgIpc) is 3.10. The summed E-state index contributed by atoms with van der Waals surface area (Å²) in [5.41, 5.74) is 1.35. The van der Waals surface area contributed by atoms with Crippen LogP contribution in [-0.2, 0) is 20.2 Å². The van der Waals surface area contributed by atoms with Crippen LogP contribution in [0.4, 0.5) is 0 Å². The normalized spacial score (nSPS) is 24.3. The SMILES string of the molecule is NS(=O)(=O)CC1CC(=O)N(CC2(c3ccccc3)CC2)C1. The van der Waals surface area contributed by atoms with Crippen molar-refractivity contribution in [2.24, 2.45) is 11.1 Å². The van der Waals surface area contributed by atoms with Gasteiger partial charge >= 0.3 is 0 Å². The van der Waals surface area contributed by atoms with Crippen molar-refractivity contribution in [2.75, 3.05) is 18.8 Å². The van der Waals surface area contributed by atoms with E-state index in [1.165, 1.54) is 5.56 Å². The lowest BCUT2D eigenvalue weighted by Gasteiger charge is -2.24. The van der Waals surface area contributed by atoms with Gasteiger partial charge in [-0.25, -0.2) is 13.6 Å². The number of primary sulfonamides is 1. The van der Waals surface area contributed by atoms with E-state index in [-0.39, 0.29) is 23.0 Å². The smallest absolute Gasteiger partial charge is 0.222 e. The molecule has 1 unspecified atom stereocenters. The Bertz CT molecular complexity index is 638. The third-order valence-corrected chi connectivity index (χ3v) is 5.43. The van der Waals surface area contributed by atoms with E-state index in [0.29, 0.717) is 19.5 Å². The van der Waals surface area contributed by atoms with E-state index in [4.69, 9.17) is 5.14 Å².